The molecule has 0 spiro atoms. The minimum Gasteiger partial charge on any atom is -0.352 e. The van der Waals surface area contributed by atoms with E-state index in [0.717, 1.165) is 28.6 Å². The number of aryl methyl sites for hydroxylation is 1. The molecule has 0 atom stereocenters. The maximum atomic E-state index is 11.8. The van der Waals surface area contributed by atoms with E-state index < -0.39 is 0 Å². The van der Waals surface area contributed by atoms with E-state index in [4.69, 9.17) is 0 Å². The number of carbonyl (C=O) groups excluding carboxylic acids is 1. The minimum absolute atomic E-state index is 0.00102. The molecule has 0 aromatic heterocycles. The number of rotatable bonds is 5. The average molecular weight is 285 g/mol. The van der Waals surface area contributed by atoms with Gasteiger partial charge in [-0.15, -0.1) is 0 Å². The zero-order valence-electron chi connectivity index (χ0n) is 9.64. The highest BCUT2D eigenvalue weighted by Gasteiger charge is 2.07. The van der Waals surface area contributed by atoms with Gasteiger partial charge in [-0.25, -0.2) is 0 Å². The summed E-state index contributed by atoms with van der Waals surface area (Å²) in [6.07, 6.45) is 0.942. The van der Waals surface area contributed by atoms with Crippen LogP contribution in [0.25, 0.3) is 0 Å². The first-order valence-corrected chi connectivity index (χ1v) is 6.13. The second-order valence-electron chi connectivity index (χ2n) is 3.67. The second kappa shape index (κ2) is 6.66. The SMILES string of the molecule is CNCCCNC(=O)c1ccc(Br)cc1C. The highest BCUT2D eigenvalue weighted by atomic mass is 79.9. The lowest BCUT2D eigenvalue weighted by molar-refractivity contribution is 0.0952. The molecular weight excluding hydrogens is 268 g/mol. The van der Waals surface area contributed by atoms with Crippen LogP contribution >= 0.6 is 15.9 Å². The molecule has 0 aliphatic rings. The maximum Gasteiger partial charge on any atom is 0.251 e. The van der Waals surface area contributed by atoms with Gasteiger partial charge in [0.05, 0.1) is 0 Å². The smallest absolute Gasteiger partial charge is 0.251 e. The van der Waals surface area contributed by atoms with Crippen LogP contribution in [0.3, 0.4) is 0 Å². The third kappa shape index (κ3) is 3.94. The molecule has 0 heterocycles. The maximum absolute atomic E-state index is 11.8. The molecule has 0 fully saturated rings. The summed E-state index contributed by atoms with van der Waals surface area (Å²) in [5.41, 5.74) is 1.73. The first-order chi connectivity index (χ1) is 7.65. The summed E-state index contributed by atoms with van der Waals surface area (Å²) in [5.74, 6) is 0.00102. The Morgan fingerprint density at radius 1 is 1.38 bits per heavy atom. The third-order valence-electron chi connectivity index (χ3n) is 2.32. The molecule has 3 nitrogen and oxygen atoms in total. The van der Waals surface area contributed by atoms with Gasteiger partial charge in [-0.05, 0) is 50.7 Å². The number of hydrogen-bond donors (Lipinski definition) is 2. The van der Waals surface area contributed by atoms with E-state index in [2.05, 4.69) is 26.6 Å². The molecule has 0 aliphatic carbocycles. The molecular formula is C12H17BrN2O. The second-order valence-corrected chi connectivity index (χ2v) is 4.59. The van der Waals surface area contributed by atoms with Gasteiger partial charge in [0.15, 0.2) is 0 Å². The summed E-state index contributed by atoms with van der Waals surface area (Å²) in [6.45, 7) is 3.56. The monoisotopic (exact) mass is 284 g/mol. The molecule has 0 saturated carbocycles. The van der Waals surface area contributed by atoms with Crippen LogP contribution in [0.2, 0.25) is 0 Å². The van der Waals surface area contributed by atoms with Gasteiger partial charge in [0, 0.05) is 16.6 Å². The van der Waals surface area contributed by atoms with E-state index in [1.807, 2.05) is 32.2 Å². The third-order valence-corrected chi connectivity index (χ3v) is 2.82. The Labute approximate surface area is 105 Å². The van der Waals surface area contributed by atoms with Crippen LogP contribution in [-0.4, -0.2) is 26.0 Å². The van der Waals surface area contributed by atoms with Gasteiger partial charge in [0.25, 0.3) is 5.91 Å². The normalized spacial score (nSPS) is 10.2. The van der Waals surface area contributed by atoms with E-state index >= 15 is 0 Å². The number of nitrogens with one attached hydrogen (secondary N) is 2. The minimum atomic E-state index is 0.00102. The van der Waals surface area contributed by atoms with Gasteiger partial charge in [-0.3, -0.25) is 4.79 Å². The molecule has 0 aliphatic heterocycles. The van der Waals surface area contributed by atoms with Crippen molar-refractivity contribution in [3.05, 3.63) is 33.8 Å². The molecule has 1 amide bonds. The van der Waals surface area contributed by atoms with E-state index in [-0.39, 0.29) is 5.91 Å². The summed E-state index contributed by atoms with van der Waals surface area (Å²) in [5, 5.41) is 5.94. The fraction of sp³-hybridized carbons (Fsp3) is 0.417. The fourth-order valence-corrected chi connectivity index (χ4v) is 1.92. The van der Waals surface area contributed by atoms with E-state index in [1.165, 1.54) is 0 Å². The first-order valence-electron chi connectivity index (χ1n) is 5.34. The van der Waals surface area contributed by atoms with Crippen molar-refractivity contribution < 1.29 is 4.79 Å². The van der Waals surface area contributed by atoms with Crippen LogP contribution in [0.1, 0.15) is 22.3 Å². The molecule has 0 bridgehead atoms. The van der Waals surface area contributed by atoms with Crippen LogP contribution in [0.5, 0.6) is 0 Å². The summed E-state index contributed by atoms with van der Waals surface area (Å²) >= 11 is 3.38. The predicted octanol–water partition coefficient (Wildman–Crippen LogP) is 2.10. The summed E-state index contributed by atoms with van der Waals surface area (Å²) < 4.78 is 0.997. The Hall–Kier alpha value is -0.870. The first kappa shape index (κ1) is 13.2. The van der Waals surface area contributed by atoms with Gasteiger partial charge in [0.1, 0.15) is 0 Å². The topological polar surface area (TPSA) is 41.1 Å². The molecule has 0 unspecified atom stereocenters. The molecule has 0 radical (unpaired) electrons. The van der Waals surface area contributed by atoms with Crippen molar-refractivity contribution in [3.8, 4) is 0 Å². The number of halogens is 1. The van der Waals surface area contributed by atoms with Crippen molar-refractivity contribution in [2.75, 3.05) is 20.1 Å². The van der Waals surface area contributed by atoms with Crippen molar-refractivity contribution in [3.63, 3.8) is 0 Å². The van der Waals surface area contributed by atoms with Crippen LogP contribution in [0.15, 0.2) is 22.7 Å². The molecule has 1 aromatic rings. The van der Waals surface area contributed by atoms with Gasteiger partial charge < -0.3 is 10.6 Å². The Kier molecular flexibility index (Phi) is 5.49. The van der Waals surface area contributed by atoms with Crippen LogP contribution in [-0.2, 0) is 0 Å². The zero-order chi connectivity index (χ0) is 12.0. The molecule has 16 heavy (non-hydrogen) atoms. The molecule has 0 saturated heterocycles. The van der Waals surface area contributed by atoms with E-state index in [9.17, 15) is 4.79 Å². The lowest BCUT2D eigenvalue weighted by Crippen LogP contribution is -2.27. The molecule has 88 valence electrons. The van der Waals surface area contributed by atoms with Gasteiger partial charge in [0.2, 0.25) is 0 Å². The van der Waals surface area contributed by atoms with E-state index in [0.29, 0.717) is 6.54 Å². The van der Waals surface area contributed by atoms with Crippen LogP contribution in [0, 0.1) is 6.92 Å². The largest absolute Gasteiger partial charge is 0.352 e. The fourth-order valence-electron chi connectivity index (χ4n) is 1.44. The number of hydrogen-bond acceptors (Lipinski definition) is 2. The highest BCUT2D eigenvalue weighted by Crippen LogP contribution is 2.15. The van der Waals surface area contributed by atoms with Crippen LogP contribution in [0.4, 0.5) is 0 Å². The number of benzene rings is 1. The van der Waals surface area contributed by atoms with Crippen molar-refractivity contribution in [1.29, 1.82) is 0 Å². The van der Waals surface area contributed by atoms with Gasteiger partial charge >= 0.3 is 0 Å². The Bertz CT molecular complexity index is 366. The molecule has 1 rings (SSSR count). The lowest BCUT2D eigenvalue weighted by Gasteiger charge is -2.07. The molecule has 1 aromatic carbocycles. The van der Waals surface area contributed by atoms with Gasteiger partial charge in [-0.1, -0.05) is 15.9 Å². The van der Waals surface area contributed by atoms with Crippen LogP contribution < -0.4 is 10.6 Å². The van der Waals surface area contributed by atoms with E-state index in [1.54, 1.807) is 0 Å². The summed E-state index contributed by atoms with van der Waals surface area (Å²) in [7, 11) is 1.90. The van der Waals surface area contributed by atoms with Crippen molar-refractivity contribution in [2.24, 2.45) is 0 Å². The van der Waals surface area contributed by atoms with Crippen molar-refractivity contribution in [2.45, 2.75) is 13.3 Å². The predicted molar refractivity (Wildman–Crippen MR) is 69.8 cm³/mol. The Morgan fingerprint density at radius 3 is 2.75 bits per heavy atom. The lowest BCUT2D eigenvalue weighted by atomic mass is 10.1. The highest BCUT2D eigenvalue weighted by molar-refractivity contribution is 9.10. The summed E-state index contributed by atoms with van der Waals surface area (Å²) in [6, 6.07) is 5.67. The quantitative estimate of drug-likeness (QED) is 0.813. The Balaban J connectivity index is 2.53. The molecule has 4 heteroatoms. The standard InChI is InChI=1S/C12H17BrN2O/c1-9-8-10(13)4-5-11(9)12(16)15-7-3-6-14-2/h4-5,8,14H,3,6-7H2,1-2H3,(H,15,16). The van der Waals surface area contributed by atoms with Gasteiger partial charge in [-0.2, -0.15) is 0 Å². The number of amides is 1. The summed E-state index contributed by atoms with van der Waals surface area (Å²) in [4.78, 5) is 11.8. The number of carbonyl (C=O) groups is 1. The average Bonchev–Trinajstić information content (AvgIpc) is 2.24. The molecule has 2 N–H and O–H groups in total. The zero-order valence-corrected chi connectivity index (χ0v) is 11.2. The van der Waals surface area contributed by atoms with Crippen molar-refractivity contribution in [1.82, 2.24) is 10.6 Å². The Morgan fingerprint density at radius 2 is 2.12 bits per heavy atom. The van der Waals surface area contributed by atoms with Crippen molar-refractivity contribution >= 4 is 21.8 Å².